The van der Waals surface area contributed by atoms with Gasteiger partial charge in [0.05, 0.1) is 29.7 Å². The van der Waals surface area contributed by atoms with Crippen LogP contribution in [0.15, 0.2) is 65.5 Å². The number of nitrogens with one attached hydrogen (secondary N) is 1. The van der Waals surface area contributed by atoms with Gasteiger partial charge in [0.15, 0.2) is 0 Å². The fourth-order valence-corrected chi connectivity index (χ4v) is 5.15. The van der Waals surface area contributed by atoms with Gasteiger partial charge in [-0.3, -0.25) is 9.59 Å². The summed E-state index contributed by atoms with van der Waals surface area (Å²) in [6, 6.07) is 17.4. The number of nitrogens with zero attached hydrogens (tertiary/aromatic N) is 2. The zero-order chi connectivity index (χ0) is 23.8. The van der Waals surface area contributed by atoms with Gasteiger partial charge in [-0.2, -0.15) is 0 Å². The van der Waals surface area contributed by atoms with Crippen molar-refractivity contribution in [3.63, 3.8) is 0 Å². The van der Waals surface area contributed by atoms with Gasteiger partial charge in [-0.1, -0.05) is 18.2 Å². The summed E-state index contributed by atoms with van der Waals surface area (Å²) < 4.78 is 6.69. The van der Waals surface area contributed by atoms with E-state index in [2.05, 4.69) is 10.2 Å². The highest BCUT2D eigenvalue weighted by Gasteiger charge is 2.35. The lowest BCUT2D eigenvalue weighted by atomic mass is 9.83. The Morgan fingerprint density at radius 1 is 1.03 bits per heavy atom. The maximum atomic E-state index is 12.9. The Morgan fingerprint density at radius 2 is 1.85 bits per heavy atom. The van der Waals surface area contributed by atoms with Crippen molar-refractivity contribution in [3.8, 4) is 0 Å². The van der Waals surface area contributed by atoms with Crippen LogP contribution in [0, 0.1) is 5.92 Å². The number of pyridine rings is 1. The molecule has 1 aromatic heterocycles. The molecule has 2 aliphatic heterocycles. The number of para-hydroxylation sites is 1. The molecule has 0 saturated carbocycles. The predicted molar refractivity (Wildman–Crippen MR) is 130 cm³/mol. The second-order valence-corrected chi connectivity index (χ2v) is 8.87. The van der Waals surface area contributed by atoms with E-state index in [1.807, 2.05) is 22.8 Å². The van der Waals surface area contributed by atoms with Crippen LogP contribution < -0.4 is 21.5 Å². The van der Waals surface area contributed by atoms with Gasteiger partial charge < -0.3 is 25.3 Å². The van der Waals surface area contributed by atoms with Crippen molar-refractivity contribution in [2.75, 3.05) is 36.1 Å². The number of benzene rings is 2. The summed E-state index contributed by atoms with van der Waals surface area (Å²) in [6.07, 6.45) is 1.06. The number of hydrogen-bond acceptors (Lipinski definition) is 6. The van der Waals surface area contributed by atoms with Crippen LogP contribution in [0.4, 0.5) is 17.1 Å². The molecule has 1 amide bonds. The number of rotatable bonds is 4. The average molecular weight is 459 g/mol. The van der Waals surface area contributed by atoms with Gasteiger partial charge in [0, 0.05) is 42.9 Å². The quantitative estimate of drug-likeness (QED) is 0.460. The van der Waals surface area contributed by atoms with Crippen molar-refractivity contribution >= 4 is 28.9 Å². The molecule has 0 unspecified atom stereocenters. The lowest BCUT2D eigenvalue weighted by Gasteiger charge is -2.44. The summed E-state index contributed by atoms with van der Waals surface area (Å²) in [5.41, 5.74) is 9.99. The summed E-state index contributed by atoms with van der Waals surface area (Å²) in [5, 5.41) is 2.78. The van der Waals surface area contributed by atoms with E-state index in [1.54, 1.807) is 42.5 Å². The molecule has 34 heavy (non-hydrogen) atoms. The fraction of sp³-hybridized carbons (Fsp3) is 0.269. The smallest absolute Gasteiger partial charge is 0.339 e. The summed E-state index contributed by atoms with van der Waals surface area (Å²) in [4.78, 5) is 39.4. The van der Waals surface area contributed by atoms with Gasteiger partial charge in [-0.15, -0.1) is 0 Å². The molecule has 0 radical (unpaired) electrons. The minimum absolute atomic E-state index is 0.0595. The highest BCUT2D eigenvalue weighted by molar-refractivity contribution is 6.08. The number of aromatic nitrogens is 1. The van der Waals surface area contributed by atoms with Crippen LogP contribution in [-0.4, -0.2) is 36.6 Å². The van der Waals surface area contributed by atoms with Gasteiger partial charge in [-0.05, 0) is 48.7 Å². The number of anilines is 3. The molecule has 174 valence electrons. The molecule has 3 N–H and O–H groups in total. The van der Waals surface area contributed by atoms with E-state index in [9.17, 15) is 14.4 Å². The number of nitrogen functional groups attached to an aromatic ring is 1. The zero-order valence-corrected chi connectivity index (χ0v) is 18.9. The third kappa shape index (κ3) is 3.91. The fourth-order valence-electron chi connectivity index (χ4n) is 5.15. The minimum Gasteiger partial charge on any atom is -0.465 e. The first-order chi connectivity index (χ1) is 16.4. The van der Waals surface area contributed by atoms with Crippen molar-refractivity contribution < 1.29 is 14.3 Å². The molecule has 2 bridgehead atoms. The van der Waals surface area contributed by atoms with Crippen LogP contribution in [0.25, 0.3) is 0 Å². The van der Waals surface area contributed by atoms with E-state index >= 15 is 0 Å². The molecule has 2 aromatic carbocycles. The van der Waals surface area contributed by atoms with Crippen LogP contribution in [0.5, 0.6) is 0 Å². The van der Waals surface area contributed by atoms with E-state index < -0.39 is 5.97 Å². The Bertz CT molecular complexity index is 1330. The average Bonchev–Trinajstić information content (AvgIpc) is 2.84. The molecule has 1 saturated heterocycles. The van der Waals surface area contributed by atoms with Crippen LogP contribution in [-0.2, 0) is 11.3 Å². The monoisotopic (exact) mass is 458 g/mol. The topological polar surface area (TPSA) is 107 Å². The number of amides is 1. The summed E-state index contributed by atoms with van der Waals surface area (Å²) >= 11 is 0. The SMILES string of the molecule is COC(=O)c1ccccc1NC(=O)c1ccc(N2C[C@H]3C[C@@H](C2)c2cccc(=O)n2C3)c(N)c1. The van der Waals surface area contributed by atoms with Crippen molar-refractivity contribution in [1.29, 1.82) is 0 Å². The van der Waals surface area contributed by atoms with Gasteiger partial charge in [-0.25, -0.2) is 4.79 Å². The summed E-state index contributed by atoms with van der Waals surface area (Å²) in [6.45, 7) is 2.28. The first-order valence-electron chi connectivity index (χ1n) is 11.3. The number of carbonyl (C=O) groups excluding carboxylic acids is 2. The summed E-state index contributed by atoms with van der Waals surface area (Å²) in [5.74, 6) is -0.259. The highest BCUT2D eigenvalue weighted by Crippen LogP contribution is 2.38. The third-order valence-electron chi connectivity index (χ3n) is 6.69. The molecule has 0 aliphatic carbocycles. The van der Waals surface area contributed by atoms with Crippen molar-refractivity contribution in [2.24, 2.45) is 5.92 Å². The molecule has 5 rings (SSSR count). The Labute approximate surface area is 196 Å². The van der Waals surface area contributed by atoms with Gasteiger partial charge >= 0.3 is 5.97 Å². The van der Waals surface area contributed by atoms with Gasteiger partial charge in [0.1, 0.15) is 0 Å². The van der Waals surface area contributed by atoms with Crippen LogP contribution in [0.3, 0.4) is 0 Å². The summed E-state index contributed by atoms with van der Waals surface area (Å²) in [7, 11) is 1.30. The molecular formula is C26H26N4O4. The van der Waals surface area contributed by atoms with E-state index in [0.29, 0.717) is 29.4 Å². The molecule has 8 nitrogen and oxygen atoms in total. The molecule has 1 fully saturated rings. The number of nitrogens with two attached hydrogens (primary N) is 1. The Morgan fingerprint density at radius 3 is 2.65 bits per heavy atom. The molecule has 2 aliphatic rings. The lowest BCUT2D eigenvalue weighted by Crippen LogP contribution is -2.47. The third-order valence-corrected chi connectivity index (χ3v) is 6.69. The number of piperidine rings is 1. The largest absolute Gasteiger partial charge is 0.465 e. The Balaban J connectivity index is 1.36. The number of fused-ring (bicyclic) bond motifs is 4. The highest BCUT2D eigenvalue weighted by atomic mass is 16.5. The van der Waals surface area contributed by atoms with Gasteiger partial charge in [0.2, 0.25) is 0 Å². The van der Waals surface area contributed by atoms with Crippen LogP contribution in [0.1, 0.15) is 38.7 Å². The Hall–Kier alpha value is -4.07. The second-order valence-electron chi connectivity index (χ2n) is 8.87. The van der Waals surface area contributed by atoms with E-state index in [-0.39, 0.29) is 22.9 Å². The van der Waals surface area contributed by atoms with Crippen molar-refractivity contribution in [1.82, 2.24) is 4.57 Å². The molecule has 8 heteroatoms. The maximum Gasteiger partial charge on any atom is 0.339 e. The van der Waals surface area contributed by atoms with Crippen LogP contribution >= 0.6 is 0 Å². The van der Waals surface area contributed by atoms with E-state index in [1.165, 1.54) is 7.11 Å². The minimum atomic E-state index is -0.523. The molecular weight excluding hydrogens is 432 g/mol. The normalized spacial score (nSPS) is 18.7. The van der Waals surface area contributed by atoms with Crippen LogP contribution in [0.2, 0.25) is 0 Å². The molecule has 3 aromatic rings. The first-order valence-corrected chi connectivity index (χ1v) is 11.3. The maximum absolute atomic E-state index is 12.9. The van der Waals surface area contributed by atoms with Crippen molar-refractivity contribution in [2.45, 2.75) is 18.9 Å². The molecule has 0 spiro atoms. The molecule has 2 atom stereocenters. The van der Waals surface area contributed by atoms with E-state index in [4.69, 9.17) is 10.5 Å². The first kappa shape index (κ1) is 21.8. The van der Waals surface area contributed by atoms with Crippen molar-refractivity contribution in [3.05, 3.63) is 87.8 Å². The Kier molecular flexibility index (Phi) is 5.57. The standard InChI is InChI=1S/C26H26N4O4/c1-34-26(33)19-5-2-3-6-21(19)28-25(32)17-9-10-23(20(27)12-17)29-13-16-11-18(15-29)22-7-4-8-24(31)30(22)14-16/h2-10,12,16,18H,11,13-15,27H2,1H3,(H,28,32)/t16-,18+/m1/s1. The lowest BCUT2D eigenvalue weighted by molar-refractivity contribution is 0.0602. The number of carbonyl (C=O) groups is 2. The predicted octanol–water partition coefficient (Wildman–Crippen LogP) is 3.09. The molecule has 3 heterocycles. The van der Waals surface area contributed by atoms with E-state index in [0.717, 1.165) is 30.9 Å². The zero-order valence-electron chi connectivity index (χ0n) is 18.9. The number of methoxy groups -OCH3 is 1. The second kappa shape index (κ2) is 8.70. The van der Waals surface area contributed by atoms with Gasteiger partial charge in [0.25, 0.3) is 11.5 Å². The number of esters is 1. The number of ether oxygens (including phenoxy) is 1. The number of hydrogen-bond donors (Lipinski definition) is 2.